The first-order valence-electron chi connectivity index (χ1n) is 6.38. The number of aromatic nitrogens is 1. The zero-order valence-electron chi connectivity index (χ0n) is 10.7. The molecule has 0 aliphatic carbocycles. The molecule has 106 valence electrons. The third-order valence-corrected chi connectivity index (χ3v) is 3.57. The molecule has 0 radical (unpaired) electrons. The summed E-state index contributed by atoms with van der Waals surface area (Å²) in [5.41, 5.74) is 7.02. The number of nitrogens with zero attached hydrogens (tertiary/aromatic N) is 1. The van der Waals surface area contributed by atoms with E-state index in [-0.39, 0.29) is 12.4 Å². The van der Waals surface area contributed by atoms with Crippen molar-refractivity contribution in [3.8, 4) is 0 Å². The summed E-state index contributed by atoms with van der Waals surface area (Å²) in [5.74, 6) is -0.0628. The van der Waals surface area contributed by atoms with E-state index in [1.807, 2.05) is 0 Å². The van der Waals surface area contributed by atoms with Crippen molar-refractivity contribution < 1.29 is 19.3 Å². The highest BCUT2D eigenvalue weighted by molar-refractivity contribution is 5.84. The van der Waals surface area contributed by atoms with E-state index in [2.05, 4.69) is 4.98 Å². The second kappa shape index (κ2) is 4.97. The number of aliphatic hydroxyl groups is 2. The number of hydrogen-bond acceptors (Lipinski definition) is 5. The summed E-state index contributed by atoms with van der Waals surface area (Å²) < 4.78 is 19.0. The van der Waals surface area contributed by atoms with Gasteiger partial charge in [-0.1, -0.05) is 0 Å². The fourth-order valence-corrected chi connectivity index (χ4v) is 2.61. The largest absolute Gasteiger partial charge is 0.394 e. The van der Waals surface area contributed by atoms with Gasteiger partial charge in [0.1, 0.15) is 17.7 Å². The second-order valence-electron chi connectivity index (χ2n) is 4.95. The zero-order chi connectivity index (χ0) is 14.3. The third-order valence-electron chi connectivity index (χ3n) is 3.57. The second-order valence-corrected chi connectivity index (χ2v) is 4.95. The van der Waals surface area contributed by atoms with Crippen LogP contribution in [-0.2, 0) is 4.74 Å². The molecule has 0 spiro atoms. The zero-order valence-corrected chi connectivity index (χ0v) is 10.7. The van der Waals surface area contributed by atoms with E-state index in [1.165, 1.54) is 12.1 Å². The van der Waals surface area contributed by atoms with Crippen molar-refractivity contribution in [2.75, 3.05) is 12.3 Å². The molecule has 6 heteroatoms. The topological polar surface area (TPSA) is 88.6 Å². The molecule has 3 atom stereocenters. The molecule has 3 rings (SSSR count). The number of nitrogen functional groups attached to an aromatic ring is 1. The fourth-order valence-electron chi connectivity index (χ4n) is 2.61. The Kier molecular flexibility index (Phi) is 3.29. The van der Waals surface area contributed by atoms with Crippen molar-refractivity contribution in [3.63, 3.8) is 0 Å². The van der Waals surface area contributed by atoms with Gasteiger partial charge in [-0.2, -0.15) is 0 Å². The van der Waals surface area contributed by atoms with Gasteiger partial charge in [-0.25, -0.2) is 9.37 Å². The van der Waals surface area contributed by atoms with Crippen LogP contribution in [0.25, 0.3) is 10.9 Å². The number of nitrogens with two attached hydrogens (primary N) is 1. The molecule has 20 heavy (non-hydrogen) atoms. The minimum absolute atomic E-state index is 0.259. The molecule has 0 amide bonds. The van der Waals surface area contributed by atoms with E-state index in [0.717, 1.165) is 0 Å². The Morgan fingerprint density at radius 1 is 1.40 bits per heavy atom. The first kappa shape index (κ1) is 13.2. The van der Waals surface area contributed by atoms with Gasteiger partial charge < -0.3 is 20.7 Å². The Bertz CT molecular complexity index is 650. The highest BCUT2D eigenvalue weighted by Gasteiger charge is 2.35. The fraction of sp³-hybridized carbons (Fsp3) is 0.357. The molecule has 1 saturated heterocycles. The van der Waals surface area contributed by atoms with Gasteiger partial charge in [0.15, 0.2) is 0 Å². The maximum Gasteiger partial charge on any atom is 0.124 e. The Morgan fingerprint density at radius 2 is 2.20 bits per heavy atom. The molecule has 2 aromatic rings. The monoisotopic (exact) mass is 278 g/mol. The van der Waals surface area contributed by atoms with Crippen molar-refractivity contribution >= 4 is 16.7 Å². The predicted octanol–water partition coefficient (Wildman–Crippen LogP) is 1.14. The van der Waals surface area contributed by atoms with E-state index in [4.69, 9.17) is 15.6 Å². The van der Waals surface area contributed by atoms with Crippen molar-refractivity contribution in [1.82, 2.24) is 4.98 Å². The highest BCUT2D eigenvalue weighted by atomic mass is 19.1. The quantitative estimate of drug-likeness (QED) is 0.766. The van der Waals surface area contributed by atoms with Crippen LogP contribution in [0.1, 0.15) is 18.1 Å². The van der Waals surface area contributed by atoms with E-state index in [1.54, 1.807) is 12.1 Å². The summed E-state index contributed by atoms with van der Waals surface area (Å²) in [6.45, 7) is -0.259. The molecule has 1 aromatic heterocycles. The Labute approximate surface area is 114 Å². The average Bonchev–Trinajstić information content (AvgIpc) is 2.79. The lowest BCUT2D eigenvalue weighted by molar-refractivity contribution is -0.0222. The van der Waals surface area contributed by atoms with E-state index >= 15 is 0 Å². The van der Waals surface area contributed by atoms with E-state index in [0.29, 0.717) is 28.7 Å². The Hall–Kier alpha value is -1.76. The molecule has 1 aliphatic rings. The lowest BCUT2D eigenvalue weighted by Gasteiger charge is -2.15. The smallest absolute Gasteiger partial charge is 0.124 e. The summed E-state index contributed by atoms with van der Waals surface area (Å²) >= 11 is 0. The van der Waals surface area contributed by atoms with Crippen LogP contribution in [0, 0.1) is 5.82 Å². The molecule has 2 heterocycles. The minimum Gasteiger partial charge on any atom is -0.394 e. The van der Waals surface area contributed by atoms with Crippen LogP contribution in [0.5, 0.6) is 0 Å². The van der Waals surface area contributed by atoms with E-state index < -0.39 is 18.3 Å². The molecule has 4 N–H and O–H groups in total. The average molecular weight is 278 g/mol. The van der Waals surface area contributed by atoms with Crippen LogP contribution in [-0.4, -0.2) is 34.0 Å². The SMILES string of the molecule is Nc1cc([C@H]2C[C@H](O)[C@@H](CO)O2)c2cc(F)ccc2n1. The van der Waals surface area contributed by atoms with Crippen LogP contribution in [0.4, 0.5) is 10.2 Å². The molecule has 0 saturated carbocycles. The molecular formula is C14H15FN2O3. The van der Waals surface area contributed by atoms with E-state index in [9.17, 15) is 9.50 Å². The number of rotatable bonds is 2. The van der Waals surface area contributed by atoms with Gasteiger partial charge in [-0.05, 0) is 29.8 Å². The molecule has 1 aliphatic heterocycles. The lowest BCUT2D eigenvalue weighted by Crippen LogP contribution is -2.24. The molecule has 0 unspecified atom stereocenters. The number of anilines is 1. The van der Waals surface area contributed by atoms with Gasteiger partial charge in [0.25, 0.3) is 0 Å². The number of pyridine rings is 1. The van der Waals surface area contributed by atoms with Crippen LogP contribution in [0.3, 0.4) is 0 Å². The first-order valence-corrected chi connectivity index (χ1v) is 6.38. The molecule has 5 nitrogen and oxygen atoms in total. The van der Waals surface area contributed by atoms with Crippen molar-refractivity contribution in [2.45, 2.75) is 24.7 Å². The summed E-state index contributed by atoms with van der Waals surface area (Å²) in [6, 6.07) is 5.87. The van der Waals surface area contributed by atoms with Crippen molar-refractivity contribution in [1.29, 1.82) is 0 Å². The number of aliphatic hydroxyl groups excluding tert-OH is 2. The molecule has 1 aromatic carbocycles. The van der Waals surface area contributed by atoms with Crippen molar-refractivity contribution in [2.24, 2.45) is 0 Å². The minimum atomic E-state index is -0.747. The van der Waals surface area contributed by atoms with Gasteiger partial charge >= 0.3 is 0 Å². The van der Waals surface area contributed by atoms with Gasteiger partial charge in [-0.3, -0.25) is 0 Å². The van der Waals surface area contributed by atoms with Gasteiger partial charge in [-0.15, -0.1) is 0 Å². The summed E-state index contributed by atoms with van der Waals surface area (Å²) in [5, 5.41) is 19.5. The van der Waals surface area contributed by atoms with Crippen LogP contribution >= 0.6 is 0 Å². The summed E-state index contributed by atoms with van der Waals surface area (Å²) in [7, 11) is 0. The summed E-state index contributed by atoms with van der Waals surface area (Å²) in [4.78, 5) is 4.15. The molecular weight excluding hydrogens is 263 g/mol. The van der Waals surface area contributed by atoms with Gasteiger partial charge in [0.2, 0.25) is 0 Å². The van der Waals surface area contributed by atoms with Gasteiger partial charge in [0.05, 0.1) is 24.3 Å². The molecule has 1 fully saturated rings. The normalized spacial score (nSPS) is 26.2. The Balaban J connectivity index is 2.09. The van der Waals surface area contributed by atoms with Crippen LogP contribution in [0.2, 0.25) is 0 Å². The molecule has 0 bridgehead atoms. The number of fused-ring (bicyclic) bond motifs is 1. The summed E-state index contributed by atoms with van der Waals surface area (Å²) in [6.07, 6.45) is -1.47. The standard InChI is InChI=1S/C14H15FN2O3/c15-7-1-2-10-8(3-7)9(4-14(16)17-10)12-5-11(19)13(6-18)20-12/h1-4,11-13,18-19H,5-6H2,(H2,16,17)/t11-,12+,13+/m0/s1. The maximum absolute atomic E-state index is 13.4. The maximum atomic E-state index is 13.4. The first-order chi connectivity index (χ1) is 9.58. The van der Waals surface area contributed by atoms with Crippen LogP contribution < -0.4 is 5.73 Å². The number of ether oxygens (including phenoxy) is 1. The highest BCUT2D eigenvalue weighted by Crippen LogP contribution is 2.37. The van der Waals surface area contributed by atoms with Crippen LogP contribution in [0.15, 0.2) is 24.3 Å². The van der Waals surface area contributed by atoms with Crippen molar-refractivity contribution in [3.05, 3.63) is 35.6 Å². The third kappa shape index (κ3) is 2.22. The lowest BCUT2D eigenvalue weighted by atomic mass is 10.0. The number of hydrogen-bond donors (Lipinski definition) is 3. The number of benzene rings is 1. The van der Waals surface area contributed by atoms with Gasteiger partial charge in [0, 0.05) is 11.8 Å². The Morgan fingerprint density at radius 3 is 2.90 bits per heavy atom. The number of halogens is 1. The predicted molar refractivity (Wildman–Crippen MR) is 71.4 cm³/mol.